The van der Waals surface area contributed by atoms with Crippen molar-refractivity contribution in [3.05, 3.63) is 36.0 Å². The Balaban J connectivity index is 1.31. The molecule has 6 atom stereocenters. The first kappa shape index (κ1) is 39.9. The van der Waals surface area contributed by atoms with Crippen molar-refractivity contribution in [2.45, 2.75) is 122 Å². The van der Waals surface area contributed by atoms with Crippen LogP contribution >= 0.6 is 0 Å². The molecule has 0 radical (unpaired) electrons. The molecule has 4 heterocycles. The van der Waals surface area contributed by atoms with Gasteiger partial charge in [-0.25, -0.2) is 0 Å². The standard InChI is InChI=1S/C37H50IN6O9S/c1-21(2)23(4)52-35(48)41-27-12-10-8-7-9-11-13-30-37(38-30,34(47)43-54(49,50)36(5)16-17-36)42-31(45)29-19-25(20-44(29)33(27)46)53-32-22(3)39-26-15-14-24(51-6)18-28(26)40-32/h11,13-15,18,21,23,25,27,29-30H,7-10,12,16-17,19-20H2,1-6H3,(H,41,48)(H,42,45)(H,43,47)/q-1/b13-11-/t23-,25-,27+,29+,30+,37-/m1/s1. The van der Waals surface area contributed by atoms with Crippen LogP contribution in [0.5, 0.6) is 11.6 Å². The molecule has 17 heteroatoms. The fourth-order valence-corrected chi connectivity index (χ4v) is 10.8. The fourth-order valence-electron chi connectivity index (χ4n) is 6.50. The number of methoxy groups -OCH3 is 1. The number of ether oxygens (including phenoxy) is 3. The average Bonchev–Trinajstić information content (AvgIpc) is 4.00. The molecule has 296 valence electrons. The predicted molar refractivity (Wildman–Crippen MR) is 195 cm³/mol. The first-order valence-electron chi connectivity index (χ1n) is 18.5. The van der Waals surface area contributed by atoms with Gasteiger partial charge >= 0.3 is 296 Å². The molecule has 54 heavy (non-hydrogen) atoms. The second-order valence-electron chi connectivity index (χ2n) is 15.2. The Kier molecular flexibility index (Phi) is 11.7. The Morgan fingerprint density at radius 1 is 1.09 bits per heavy atom. The van der Waals surface area contributed by atoms with Crippen molar-refractivity contribution in [1.82, 2.24) is 30.2 Å². The van der Waals surface area contributed by atoms with E-state index in [9.17, 15) is 27.6 Å². The molecule has 15 nitrogen and oxygen atoms in total. The molecule has 2 aromatic rings. The predicted octanol–water partition coefficient (Wildman–Crippen LogP) is 0.237. The van der Waals surface area contributed by atoms with Gasteiger partial charge in [0.25, 0.3) is 0 Å². The Bertz CT molecular complexity index is 1940. The number of nitrogens with zero attached hydrogens (tertiary/aromatic N) is 3. The normalized spacial score (nSPS) is 28.2. The topological polar surface area (TPSA) is 195 Å². The molecule has 0 unspecified atom stereocenters. The molecule has 1 aromatic carbocycles. The van der Waals surface area contributed by atoms with E-state index in [2.05, 4.69) is 25.3 Å². The zero-order chi connectivity index (χ0) is 39.0. The molecule has 4 amide bonds. The molecule has 0 bridgehead atoms. The SMILES string of the molecule is COc1ccc2nc(C)c(O[C@@H]3C[C@H]4C(=O)N[C@]5(C(=O)NS(=O)(=O)C6(C)CC6)[I-][C@H]5/C=C\CCCCC[C@H](NC(=O)O[C@H](C)C(C)C)C(=O)N4C3)nc2c1. The number of sulfonamides is 1. The van der Waals surface area contributed by atoms with Gasteiger partial charge in [-0.1, -0.05) is 13.8 Å². The van der Waals surface area contributed by atoms with Crippen LogP contribution in [0.2, 0.25) is 0 Å². The summed E-state index contributed by atoms with van der Waals surface area (Å²) in [5.74, 6) is -0.970. The quantitative estimate of drug-likeness (QED) is 0.135. The van der Waals surface area contributed by atoms with Crippen LogP contribution < -0.4 is 46.0 Å². The number of hydrogen-bond acceptors (Lipinski definition) is 11. The fraction of sp³-hybridized carbons (Fsp3) is 0.622. The molecule has 3 N–H and O–H groups in total. The van der Waals surface area contributed by atoms with Crippen LogP contribution in [0.4, 0.5) is 4.79 Å². The van der Waals surface area contributed by atoms with Gasteiger partial charge in [-0.05, 0) is 6.07 Å². The number of aromatic nitrogens is 2. The van der Waals surface area contributed by atoms with E-state index in [1.807, 2.05) is 26.0 Å². The zero-order valence-electron chi connectivity index (χ0n) is 31.5. The Labute approximate surface area is 326 Å². The van der Waals surface area contributed by atoms with Gasteiger partial charge in [0.15, 0.2) is 0 Å². The summed E-state index contributed by atoms with van der Waals surface area (Å²) < 4.78 is 43.1. The van der Waals surface area contributed by atoms with Crippen molar-refractivity contribution in [2.75, 3.05) is 13.7 Å². The number of allylic oxidation sites excluding steroid dienone is 1. The van der Waals surface area contributed by atoms with E-state index in [-0.39, 0.29) is 28.7 Å². The average molecular weight is 882 g/mol. The third kappa shape index (κ3) is 8.55. The molecule has 0 spiro atoms. The van der Waals surface area contributed by atoms with Crippen LogP contribution in [0.1, 0.15) is 84.8 Å². The summed E-state index contributed by atoms with van der Waals surface area (Å²) in [7, 11) is -2.42. The molecule has 1 aromatic heterocycles. The van der Waals surface area contributed by atoms with Crippen LogP contribution in [0, 0.1) is 12.8 Å². The van der Waals surface area contributed by atoms with Gasteiger partial charge in [0.1, 0.15) is 0 Å². The first-order valence-corrected chi connectivity index (χ1v) is 22.3. The maximum atomic E-state index is 14.5. The molecule has 2 saturated heterocycles. The maximum absolute atomic E-state index is 14.5. The van der Waals surface area contributed by atoms with E-state index in [1.165, 1.54) is 4.90 Å². The number of hydrogen-bond donors (Lipinski definition) is 3. The van der Waals surface area contributed by atoms with E-state index in [0.717, 1.165) is 12.8 Å². The number of aryl methyl sites for hydroxylation is 1. The third-order valence-electron chi connectivity index (χ3n) is 10.7. The number of nitrogens with one attached hydrogen (secondary N) is 3. The monoisotopic (exact) mass is 881 g/mol. The molecule has 1 aliphatic carbocycles. The van der Waals surface area contributed by atoms with Gasteiger partial charge in [-0.3, -0.25) is 0 Å². The molecular formula is C37H50IN6O9S-. The van der Waals surface area contributed by atoms with Crippen molar-refractivity contribution in [1.29, 1.82) is 0 Å². The molecule has 3 aliphatic heterocycles. The minimum atomic E-state index is -3.97. The van der Waals surface area contributed by atoms with Crippen LogP contribution in [0.3, 0.4) is 0 Å². The summed E-state index contributed by atoms with van der Waals surface area (Å²) >= 11 is -1.03. The summed E-state index contributed by atoms with van der Waals surface area (Å²) in [4.78, 5) is 66.5. The zero-order valence-corrected chi connectivity index (χ0v) is 34.5. The summed E-state index contributed by atoms with van der Waals surface area (Å²) in [6.07, 6.45) is 6.21. The van der Waals surface area contributed by atoms with E-state index in [1.54, 1.807) is 46.1 Å². The summed E-state index contributed by atoms with van der Waals surface area (Å²) in [5, 5.41) is 5.70. The van der Waals surface area contributed by atoms with Gasteiger partial charge < -0.3 is 4.74 Å². The van der Waals surface area contributed by atoms with Crippen molar-refractivity contribution in [2.24, 2.45) is 5.92 Å². The van der Waals surface area contributed by atoms with Gasteiger partial charge in [0.05, 0.1) is 7.11 Å². The van der Waals surface area contributed by atoms with Crippen LogP contribution in [0.25, 0.3) is 11.0 Å². The van der Waals surface area contributed by atoms with E-state index < -0.39 is 87.6 Å². The Hall–Kier alpha value is -3.74. The molecular weight excluding hydrogens is 831 g/mol. The first-order chi connectivity index (χ1) is 25.6. The number of rotatable bonds is 9. The van der Waals surface area contributed by atoms with Crippen molar-refractivity contribution < 1.29 is 63.0 Å². The number of fused-ring (bicyclic) bond motifs is 3. The van der Waals surface area contributed by atoms with Crippen molar-refractivity contribution >= 4 is 44.9 Å². The van der Waals surface area contributed by atoms with E-state index in [4.69, 9.17) is 14.2 Å². The molecule has 6 rings (SSSR count). The second kappa shape index (κ2) is 15.8. The van der Waals surface area contributed by atoms with Crippen LogP contribution in [-0.2, 0) is 29.1 Å². The van der Waals surface area contributed by atoms with E-state index in [0.29, 0.717) is 54.6 Å². The third-order valence-corrected chi connectivity index (χ3v) is 16.6. The number of alkyl halides is 2. The number of carbonyl (C=O) groups excluding carboxylic acids is 4. The Morgan fingerprint density at radius 3 is 2.56 bits per heavy atom. The van der Waals surface area contributed by atoms with Crippen LogP contribution in [-0.4, -0.2) is 97.3 Å². The van der Waals surface area contributed by atoms with Gasteiger partial charge in [-0.15, -0.1) is 0 Å². The van der Waals surface area contributed by atoms with Crippen molar-refractivity contribution in [3.8, 4) is 11.6 Å². The molecule has 4 aliphatic rings. The number of alkyl carbamates (subject to hydrolysis) is 1. The number of halogens is 1. The minimum absolute atomic E-state index is 0.0197. The second-order valence-corrected chi connectivity index (χ2v) is 21.0. The van der Waals surface area contributed by atoms with Crippen molar-refractivity contribution in [3.63, 3.8) is 0 Å². The molecule has 3 fully saturated rings. The number of amides is 4. The molecule has 1 saturated carbocycles. The van der Waals surface area contributed by atoms with Gasteiger partial charge in [-0.2, -0.15) is 0 Å². The summed E-state index contributed by atoms with van der Waals surface area (Å²) in [5.41, 5.74) is 1.68. The summed E-state index contributed by atoms with van der Waals surface area (Å²) in [6.45, 7) is 8.96. The Morgan fingerprint density at radius 2 is 1.85 bits per heavy atom. The summed E-state index contributed by atoms with van der Waals surface area (Å²) in [6, 6.07) is 3.21. The number of carbonyl (C=O) groups is 4. The van der Waals surface area contributed by atoms with Gasteiger partial charge in [0.2, 0.25) is 0 Å². The van der Waals surface area contributed by atoms with E-state index >= 15 is 0 Å². The number of benzene rings is 1. The van der Waals surface area contributed by atoms with Gasteiger partial charge in [0, 0.05) is 0 Å². The van der Waals surface area contributed by atoms with Crippen LogP contribution in [0.15, 0.2) is 30.4 Å².